The molecule has 2 aromatic rings. The molecule has 0 unspecified atom stereocenters. The van der Waals surface area contributed by atoms with Gasteiger partial charge in [-0.05, 0) is 32.9 Å². The normalized spacial score (nSPS) is 11.1. The number of aromatic nitrogens is 1. The van der Waals surface area contributed by atoms with E-state index in [9.17, 15) is 9.59 Å². The van der Waals surface area contributed by atoms with Gasteiger partial charge in [-0.1, -0.05) is 6.07 Å². The van der Waals surface area contributed by atoms with Crippen molar-refractivity contribution in [3.8, 4) is 5.75 Å². The number of aryl methyl sites for hydroxylation is 1. The summed E-state index contributed by atoms with van der Waals surface area (Å²) in [5.41, 5.74) is 1.42. The van der Waals surface area contributed by atoms with Gasteiger partial charge in [-0.2, -0.15) is 0 Å². The highest BCUT2D eigenvalue weighted by atomic mass is 16.5. The molecule has 5 nitrogen and oxygen atoms in total. The van der Waals surface area contributed by atoms with Crippen molar-refractivity contribution < 1.29 is 14.6 Å². The minimum absolute atomic E-state index is 0.00953. The van der Waals surface area contributed by atoms with Crippen LogP contribution < -0.4 is 10.2 Å². The van der Waals surface area contributed by atoms with Crippen molar-refractivity contribution in [3.05, 3.63) is 39.7 Å². The van der Waals surface area contributed by atoms with E-state index in [4.69, 9.17) is 9.84 Å². The number of nitrogens with zero attached hydrogens (tertiary/aromatic N) is 1. The van der Waals surface area contributed by atoms with Crippen LogP contribution in [-0.2, 0) is 18.3 Å². The number of fused-ring (bicyclic) bond motifs is 1. The SMILES string of the molecule is Cc1c(CC(=O)O)c(=O)c2cccc(OC(C)C)c2n1C. The van der Waals surface area contributed by atoms with Crippen LogP contribution in [0.4, 0.5) is 0 Å². The lowest BCUT2D eigenvalue weighted by atomic mass is 10.0. The van der Waals surface area contributed by atoms with Crippen LogP contribution >= 0.6 is 0 Å². The Labute approximate surface area is 122 Å². The second-order valence-corrected chi connectivity index (χ2v) is 5.34. The van der Waals surface area contributed by atoms with Crippen LogP contribution in [-0.4, -0.2) is 21.7 Å². The van der Waals surface area contributed by atoms with Crippen molar-refractivity contribution in [2.75, 3.05) is 0 Å². The minimum atomic E-state index is -1.01. The van der Waals surface area contributed by atoms with E-state index in [1.807, 2.05) is 31.5 Å². The van der Waals surface area contributed by atoms with Crippen LogP contribution in [0.15, 0.2) is 23.0 Å². The summed E-state index contributed by atoms with van der Waals surface area (Å²) in [6, 6.07) is 5.27. The predicted octanol–water partition coefficient (Wildman–Crippen LogP) is 2.26. The zero-order valence-electron chi connectivity index (χ0n) is 12.6. The fourth-order valence-corrected chi connectivity index (χ4v) is 2.46. The van der Waals surface area contributed by atoms with E-state index in [1.165, 1.54) is 0 Å². The van der Waals surface area contributed by atoms with Gasteiger partial charge in [0.25, 0.3) is 0 Å². The summed E-state index contributed by atoms with van der Waals surface area (Å²) in [5.74, 6) is -0.379. The first-order valence-electron chi connectivity index (χ1n) is 6.82. The molecule has 1 heterocycles. The highest BCUT2D eigenvalue weighted by Crippen LogP contribution is 2.26. The summed E-state index contributed by atoms with van der Waals surface area (Å²) in [6.45, 7) is 5.59. The molecule has 1 aromatic carbocycles. The smallest absolute Gasteiger partial charge is 0.308 e. The number of hydrogen-bond acceptors (Lipinski definition) is 3. The van der Waals surface area contributed by atoms with Gasteiger partial charge >= 0.3 is 5.97 Å². The molecular formula is C16H19NO4. The van der Waals surface area contributed by atoms with Gasteiger partial charge in [-0.25, -0.2) is 0 Å². The number of aliphatic carboxylic acids is 1. The van der Waals surface area contributed by atoms with Gasteiger partial charge in [0.1, 0.15) is 5.75 Å². The van der Waals surface area contributed by atoms with Crippen molar-refractivity contribution in [2.24, 2.45) is 7.05 Å². The number of rotatable bonds is 4. The van der Waals surface area contributed by atoms with Crippen LogP contribution in [0.3, 0.4) is 0 Å². The number of benzene rings is 1. The molecule has 0 saturated heterocycles. The molecule has 0 radical (unpaired) electrons. The Kier molecular flexibility index (Phi) is 4.02. The van der Waals surface area contributed by atoms with E-state index >= 15 is 0 Å². The third kappa shape index (κ3) is 2.77. The average Bonchev–Trinajstić information content (AvgIpc) is 2.40. The van der Waals surface area contributed by atoms with Crippen molar-refractivity contribution in [1.29, 1.82) is 0 Å². The van der Waals surface area contributed by atoms with Crippen LogP contribution in [0.5, 0.6) is 5.75 Å². The third-order valence-electron chi connectivity index (χ3n) is 3.48. The second kappa shape index (κ2) is 5.60. The third-order valence-corrected chi connectivity index (χ3v) is 3.48. The maximum Gasteiger partial charge on any atom is 0.308 e. The molecule has 0 fully saturated rings. The van der Waals surface area contributed by atoms with Gasteiger partial charge in [0.05, 0.1) is 18.0 Å². The molecule has 0 aliphatic rings. The molecule has 0 spiro atoms. The lowest BCUT2D eigenvalue weighted by Gasteiger charge is -2.18. The molecule has 2 rings (SSSR count). The summed E-state index contributed by atoms with van der Waals surface area (Å²) in [5, 5.41) is 9.46. The first kappa shape index (κ1) is 15.1. The molecule has 1 N–H and O–H groups in total. The molecule has 112 valence electrons. The fourth-order valence-electron chi connectivity index (χ4n) is 2.46. The summed E-state index contributed by atoms with van der Waals surface area (Å²) >= 11 is 0. The number of carboxylic acid groups (broad SMARTS) is 1. The monoisotopic (exact) mass is 289 g/mol. The Morgan fingerprint density at radius 1 is 1.38 bits per heavy atom. The zero-order chi connectivity index (χ0) is 15.7. The molecule has 0 aliphatic heterocycles. The topological polar surface area (TPSA) is 68.5 Å². The molecule has 0 bridgehead atoms. The first-order chi connectivity index (χ1) is 9.82. The van der Waals surface area contributed by atoms with Crippen LogP contribution in [0.1, 0.15) is 25.1 Å². The molecule has 21 heavy (non-hydrogen) atoms. The molecule has 0 atom stereocenters. The van der Waals surface area contributed by atoms with Gasteiger partial charge in [0.2, 0.25) is 0 Å². The second-order valence-electron chi connectivity index (χ2n) is 5.34. The zero-order valence-corrected chi connectivity index (χ0v) is 12.6. The molecule has 0 saturated carbocycles. The summed E-state index contributed by atoms with van der Waals surface area (Å²) in [4.78, 5) is 23.5. The first-order valence-corrected chi connectivity index (χ1v) is 6.82. The van der Waals surface area contributed by atoms with Gasteiger partial charge < -0.3 is 14.4 Å². The molecular weight excluding hydrogens is 270 g/mol. The number of carbonyl (C=O) groups is 1. The molecule has 1 aromatic heterocycles. The maximum absolute atomic E-state index is 12.5. The van der Waals surface area contributed by atoms with Crippen molar-refractivity contribution in [3.63, 3.8) is 0 Å². The average molecular weight is 289 g/mol. The number of ether oxygens (including phenoxy) is 1. The molecule has 0 amide bonds. The fraction of sp³-hybridized carbons (Fsp3) is 0.375. The largest absolute Gasteiger partial charge is 0.489 e. The Morgan fingerprint density at radius 3 is 2.62 bits per heavy atom. The van der Waals surface area contributed by atoms with E-state index in [0.29, 0.717) is 27.9 Å². The number of pyridine rings is 1. The highest BCUT2D eigenvalue weighted by Gasteiger charge is 2.17. The standard InChI is InChI=1S/C16H19NO4/c1-9(2)21-13-7-5-6-11-15(13)17(4)10(3)12(16(11)20)8-14(18)19/h5-7,9H,8H2,1-4H3,(H,18,19). The van der Waals surface area contributed by atoms with E-state index in [-0.39, 0.29) is 18.0 Å². The van der Waals surface area contributed by atoms with Gasteiger partial charge in [-0.3, -0.25) is 9.59 Å². The Balaban J connectivity index is 2.81. The molecule has 0 aliphatic carbocycles. The van der Waals surface area contributed by atoms with Crippen LogP contribution in [0.2, 0.25) is 0 Å². The number of hydrogen-bond donors (Lipinski definition) is 1. The van der Waals surface area contributed by atoms with Crippen LogP contribution in [0, 0.1) is 6.92 Å². The van der Waals surface area contributed by atoms with Crippen molar-refractivity contribution >= 4 is 16.9 Å². The minimum Gasteiger partial charge on any atom is -0.489 e. The van der Waals surface area contributed by atoms with Crippen LogP contribution in [0.25, 0.3) is 10.9 Å². The van der Waals surface area contributed by atoms with Gasteiger partial charge in [0.15, 0.2) is 5.43 Å². The Hall–Kier alpha value is -2.30. The quantitative estimate of drug-likeness (QED) is 0.937. The number of para-hydroxylation sites is 1. The van der Waals surface area contributed by atoms with Crippen molar-refractivity contribution in [2.45, 2.75) is 33.3 Å². The van der Waals surface area contributed by atoms with E-state index < -0.39 is 5.97 Å². The Bertz CT molecular complexity index is 759. The predicted molar refractivity (Wildman–Crippen MR) is 81.0 cm³/mol. The lowest BCUT2D eigenvalue weighted by molar-refractivity contribution is -0.136. The highest BCUT2D eigenvalue weighted by molar-refractivity contribution is 5.86. The lowest BCUT2D eigenvalue weighted by Crippen LogP contribution is -2.21. The Morgan fingerprint density at radius 2 is 2.05 bits per heavy atom. The van der Waals surface area contributed by atoms with Gasteiger partial charge in [-0.15, -0.1) is 0 Å². The molecule has 5 heteroatoms. The number of carboxylic acids is 1. The maximum atomic E-state index is 12.5. The van der Waals surface area contributed by atoms with E-state index in [1.54, 1.807) is 19.1 Å². The van der Waals surface area contributed by atoms with E-state index in [2.05, 4.69) is 0 Å². The summed E-state index contributed by atoms with van der Waals surface area (Å²) in [6.07, 6.45) is -0.284. The van der Waals surface area contributed by atoms with Gasteiger partial charge in [0, 0.05) is 23.7 Å². The van der Waals surface area contributed by atoms with E-state index in [0.717, 1.165) is 0 Å². The summed E-state index contributed by atoms with van der Waals surface area (Å²) < 4.78 is 7.59. The van der Waals surface area contributed by atoms with Crippen molar-refractivity contribution in [1.82, 2.24) is 4.57 Å². The summed E-state index contributed by atoms with van der Waals surface area (Å²) in [7, 11) is 1.82.